The highest BCUT2D eigenvalue weighted by Gasteiger charge is 2.60. The van der Waals surface area contributed by atoms with Gasteiger partial charge < -0.3 is 5.11 Å². The number of carboxylic acids is 1. The molecule has 1 N–H and O–H groups in total. The van der Waals surface area contributed by atoms with Gasteiger partial charge in [0.1, 0.15) is 0 Å². The van der Waals surface area contributed by atoms with Crippen LogP contribution in [0.2, 0.25) is 0 Å². The van der Waals surface area contributed by atoms with Crippen LogP contribution in [0.25, 0.3) is 0 Å². The normalized spacial score (nSPS) is 23.8. The molecule has 2 aliphatic rings. The lowest BCUT2D eigenvalue weighted by Gasteiger charge is -2.52. The Hall–Kier alpha value is -1.31. The third-order valence-corrected chi connectivity index (χ3v) is 5.03. The van der Waals surface area contributed by atoms with Crippen LogP contribution >= 0.6 is 0 Å². The van der Waals surface area contributed by atoms with Crippen LogP contribution in [-0.2, 0) is 10.2 Å². The summed E-state index contributed by atoms with van der Waals surface area (Å²) in [6.07, 6.45) is 6.71. The van der Waals surface area contributed by atoms with E-state index in [0.717, 1.165) is 18.4 Å². The fourth-order valence-electron chi connectivity index (χ4n) is 4.06. The molecule has 18 heavy (non-hydrogen) atoms. The van der Waals surface area contributed by atoms with Crippen molar-refractivity contribution in [1.29, 1.82) is 0 Å². The van der Waals surface area contributed by atoms with Gasteiger partial charge >= 0.3 is 5.97 Å². The fourth-order valence-corrected chi connectivity index (χ4v) is 4.06. The second-order valence-corrected chi connectivity index (χ2v) is 6.31. The van der Waals surface area contributed by atoms with Crippen LogP contribution < -0.4 is 0 Å². The van der Waals surface area contributed by atoms with E-state index in [0.29, 0.717) is 5.41 Å². The van der Waals surface area contributed by atoms with Crippen molar-refractivity contribution in [3.05, 3.63) is 35.4 Å². The van der Waals surface area contributed by atoms with Crippen molar-refractivity contribution in [1.82, 2.24) is 0 Å². The quantitative estimate of drug-likeness (QED) is 0.861. The Balaban J connectivity index is 1.90. The first kappa shape index (κ1) is 11.8. The zero-order valence-electron chi connectivity index (χ0n) is 10.9. The van der Waals surface area contributed by atoms with Gasteiger partial charge in [0, 0.05) is 0 Å². The molecule has 0 heterocycles. The highest BCUT2D eigenvalue weighted by atomic mass is 16.4. The second kappa shape index (κ2) is 3.84. The molecule has 0 aromatic heterocycles. The van der Waals surface area contributed by atoms with Gasteiger partial charge in [-0.2, -0.15) is 0 Å². The summed E-state index contributed by atoms with van der Waals surface area (Å²) in [5.74, 6) is -0.635. The first-order valence-corrected chi connectivity index (χ1v) is 6.87. The molecule has 2 aliphatic carbocycles. The van der Waals surface area contributed by atoms with E-state index in [4.69, 9.17) is 0 Å². The zero-order chi connectivity index (χ0) is 12.8. The largest absolute Gasteiger partial charge is 0.481 e. The molecule has 2 nitrogen and oxygen atoms in total. The van der Waals surface area contributed by atoms with Crippen LogP contribution in [0, 0.1) is 12.3 Å². The molecule has 0 unspecified atom stereocenters. The molecule has 0 radical (unpaired) electrons. The number of carbonyl (C=O) groups is 1. The van der Waals surface area contributed by atoms with Gasteiger partial charge in [0.15, 0.2) is 0 Å². The molecule has 1 aromatic rings. The Labute approximate surface area is 108 Å². The Bertz CT molecular complexity index is 458. The van der Waals surface area contributed by atoms with Crippen LogP contribution in [0.5, 0.6) is 0 Å². The number of rotatable bonds is 2. The van der Waals surface area contributed by atoms with E-state index in [1.54, 1.807) is 0 Å². The topological polar surface area (TPSA) is 37.3 Å². The smallest absolute Gasteiger partial charge is 0.314 e. The van der Waals surface area contributed by atoms with Gasteiger partial charge in [-0.3, -0.25) is 4.79 Å². The average Bonchev–Trinajstić information content (AvgIpc) is 2.76. The van der Waals surface area contributed by atoms with Crippen LogP contribution in [0.15, 0.2) is 24.3 Å². The molecule has 2 saturated carbocycles. The summed E-state index contributed by atoms with van der Waals surface area (Å²) >= 11 is 0. The van der Waals surface area contributed by atoms with Gasteiger partial charge in [-0.05, 0) is 43.6 Å². The van der Waals surface area contributed by atoms with E-state index in [9.17, 15) is 9.90 Å². The summed E-state index contributed by atoms with van der Waals surface area (Å²) in [5, 5.41) is 9.65. The Kier molecular flexibility index (Phi) is 2.51. The molecule has 1 spiro atoms. The minimum absolute atomic E-state index is 0.350. The molecule has 0 aliphatic heterocycles. The fraction of sp³-hybridized carbons (Fsp3) is 0.562. The van der Waals surface area contributed by atoms with Crippen LogP contribution in [0.3, 0.4) is 0 Å². The van der Waals surface area contributed by atoms with Crippen molar-refractivity contribution in [2.24, 2.45) is 5.41 Å². The monoisotopic (exact) mass is 244 g/mol. The highest BCUT2D eigenvalue weighted by molar-refractivity contribution is 5.83. The number of hydrogen-bond donors (Lipinski definition) is 1. The number of benzene rings is 1. The van der Waals surface area contributed by atoms with E-state index >= 15 is 0 Å². The lowest BCUT2D eigenvalue weighted by Crippen LogP contribution is -2.53. The summed E-state index contributed by atoms with van der Waals surface area (Å²) in [5.41, 5.74) is 1.94. The molecule has 1 aromatic carbocycles. The second-order valence-electron chi connectivity index (χ2n) is 6.31. The lowest BCUT2D eigenvalue weighted by atomic mass is 9.49. The van der Waals surface area contributed by atoms with Crippen LogP contribution in [-0.4, -0.2) is 11.1 Å². The molecule has 0 atom stereocenters. The third kappa shape index (κ3) is 1.58. The Morgan fingerprint density at radius 3 is 2.17 bits per heavy atom. The third-order valence-electron chi connectivity index (χ3n) is 5.03. The van der Waals surface area contributed by atoms with E-state index < -0.39 is 11.4 Å². The number of aryl methyl sites for hydroxylation is 1. The molecular weight excluding hydrogens is 224 g/mol. The molecular formula is C16H20O2. The van der Waals surface area contributed by atoms with Gasteiger partial charge in [-0.1, -0.05) is 42.7 Å². The minimum Gasteiger partial charge on any atom is -0.481 e. The average molecular weight is 244 g/mol. The number of hydrogen-bond acceptors (Lipinski definition) is 1. The summed E-state index contributed by atoms with van der Waals surface area (Å²) in [6.45, 7) is 2.04. The van der Waals surface area contributed by atoms with Crippen molar-refractivity contribution in [3.63, 3.8) is 0 Å². The standard InChI is InChI=1S/C16H20O2/c1-12-4-6-13(7-5-12)16(14(17)18)10-15(11-16)8-2-3-9-15/h4-7H,2-3,8-11H2,1H3,(H,17,18). The first-order valence-electron chi connectivity index (χ1n) is 6.87. The van der Waals surface area contributed by atoms with Crippen LogP contribution in [0.4, 0.5) is 0 Å². The predicted octanol–water partition coefficient (Wildman–Crippen LogP) is 3.67. The maximum atomic E-state index is 11.7. The number of aliphatic carboxylic acids is 1. The molecule has 3 rings (SSSR count). The van der Waals surface area contributed by atoms with Crippen molar-refractivity contribution in [3.8, 4) is 0 Å². The number of carboxylic acid groups (broad SMARTS) is 1. The van der Waals surface area contributed by atoms with Crippen molar-refractivity contribution in [2.45, 2.75) is 50.9 Å². The van der Waals surface area contributed by atoms with Gasteiger partial charge in [-0.25, -0.2) is 0 Å². The molecule has 96 valence electrons. The SMILES string of the molecule is Cc1ccc(C2(C(=O)O)CC3(CCCC3)C2)cc1. The molecule has 0 saturated heterocycles. The lowest BCUT2D eigenvalue weighted by molar-refractivity contribution is -0.154. The molecule has 0 bridgehead atoms. The Morgan fingerprint density at radius 1 is 1.11 bits per heavy atom. The van der Waals surface area contributed by atoms with Crippen molar-refractivity contribution in [2.75, 3.05) is 0 Å². The van der Waals surface area contributed by atoms with Gasteiger partial charge in [-0.15, -0.1) is 0 Å². The van der Waals surface area contributed by atoms with E-state index in [1.807, 2.05) is 31.2 Å². The highest BCUT2D eigenvalue weighted by Crippen LogP contribution is 2.63. The van der Waals surface area contributed by atoms with E-state index in [-0.39, 0.29) is 0 Å². The van der Waals surface area contributed by atoms with Crippen molar-refractivity contribution >= 4 is 5.97 Å². The zero-order valence-corrected chi connectivity index (χ0v) is 10.9. The predicted molar refractivity (Wildman–Crippen MR) is 70.6 cm³/mol. The van der Waals surface area contributed by atoms with E-state index in [1.165, 1.54) is 31.2 Å². The van der Waals surface area contributed by atoms with E-state index in [2.05, 4.69) is 0 Å². The summed E-state index contributed by atoms with van der Waals surface area (Å²) in [6, 6.07) is 8.07. The molecule has 0 amide bonds. The molecule has 2 heteroatoms. The van der Waals surface area contributed by atoms with Gasteiger partial charge in [0.25, 0.3) is 0 Å². The summed E-state index contributed by atoms with van der Waals surface area (Å²) in [4.78, 5) is 11.7. The van der Waals surface area contributed by atoms with Gasteiger partial charge in [0.05, 0.1) is 5.41 Å². The summed E-state index contributed by atoms with van der Waals surface area (Å²) < 4.78 is 0. The van der Waals surface area contributed by atoms with Crippen molar-refractivity contribution < 1.29 is 9.90 Å². The maximum Gasteiger partial charge on any atom is 0.314 e. The summed E-state index contributed by atoms with van der Waals surface area (Å²) in [7, 11) is 0. The van der Waals surface area contributed by atoms with Gasteiger partial charge in [0.2, 0.25) is 0 Å². The maximum absolute atomic E-state index is 11.7. The first-order chi connectivity index (χ1) is 8.56. The minimum atomic E-state index is -0.635. The molecule has 2 fully saturated rings. The Morgan fingerprint density at radius 2 is 1.67 bits per heavy atom. The van der Waals surface area contributed by atoms with Crippen LogP contribution in [0.1, 0.15) is 49.7 Å².